The first kappa shape index (κ1) is 14.9. The molecule has 0 aliphatic rings. The Bertz CT molecular complexity index is 544. The smallest absolute Gasteiger partial charge is 0.383 e. The van der Waals surface area contributed by atoms with Crippen LogP contribution in [0.5, 0.6) is 0 Å². The van der Waals surface area contributed by atoms with Gasteiger partial charge in [-0.05, 0) is 12.1 Å². The number of hydrogen-bond donors (Lipinski definition) is 1. The van der Waals surface area contributed by atoms with Crippen molar-refractivity contribution in [3.63, 3.8) is 0 Å². The Morgan fingerprint density at radius 3 is 2.60 bits per heavy atom. The molecule has 1 heterocycles. The Morgan fingerprint density at radius 2 is 1.95 bits per heavy atom. The Labute approximate surface area is 117 Å². The molecule has 0 bridgehead atoms. The summed E-state index contributed by atoms with van der Waals surface area (Å²) in [6.45, 7) is 0. The van der Waals surface area contributed by atoms with E-state index in [-0.39, 0.29) is 5.75 Å². The van der Waals surface area contributed by atoms with E-state index in [9.17, 15) is 13.2 Å². The van der Waals surface area contributed by atoms with Crippen molar-refractivity contribution < 1.29 is 18.3 Å². The van der Waals surface area contributed by atoms with Crippen LogP contribution in [0.15, 0.2) is 36.7 Å². The number of para-hydroxylation sites is 1. The van der Waals surface area contributed by atoms with Gasteiger partial charge in [0.1, 0.15) is 6.33 Å². The van der Waals surface area contributed by atoms with Crippen molar-refractivity contribution in [1.82, 2.24) is 14.8 Å². The molecule has 1 aromatic heterocycles. The van der Waals surface area contributed by atoms with Crippen LogP contribution in [0.3, 0.4) is 0 Å². The van der Waals surface area contributed by atoms with Crippen LogP contribution < -0.4 is 0 Å². The molecule has 2 aromatic rings. The molecule has 0 amide bonds. The largest absolute Gasteiger partial charge is 0.415 e. The van der Waals surface area contributed by atoms with Gasteiger partial charge in [-0.15, -0.1) is 0 Å². The van der Waals surface area contributed by atoms with E-state index in [0.717, 1.165) is 17.4 Å². The SMILES string of the molecule is O[C@H](CSCc1ncn(-c2ccccc2)n1)C(F)(F)F. The van der Waals surface area contributed by atoms with Gasteiger partial charge in [-0.3, -0.25) is 0 Å². The molecule has 108 valence electrons. The normalized spacial score (nSPS) is 13.4. The molecule has 2 rings (SSSR count). The predicted molar refractivity (Wildman–Crippen MR) is 69.6 cm³/mol. The second kappa shape index (κ2) is 6.27. The molecule has 4 nitrogen and oxygen atoms in total. The Kier molecular flexibility index (Phi) is 4.66. The van der Waals surface area contributed by atoms with Gasteiger partial charge in [0, 0.05) is 5.75 Å². The number of aliphatic hydroxyl groups is 1. The van der Waals surface area contributed by atoms with Crippen molar-refractivity contribution in [3.8, 4) is 5.69 Å². The molecular formula is C12H12F3N3OS. The average Bonchev–Trinajstić information content (AvgIpc) is 2.87. The van der Waals surface area contributed by atoms with Crippen molar-refractivity contribution in [1.29, 1.82) is 0 Å². The molecule has 1 atom stereocenters. The molecule has 1 aromatic carbocycles. The van der Waals surface area contributed by atoms with Gasteiger partial charge in [0.05, 0.1) is 11.4 Å². The minimum absolute atomic E-state index is 0.215. The number of nitrogens with zero attached hydrogens (tertiary/aromatic N) is 3. The monoisotopic (exact) mass is 303 g/mol. The van der Waals surface area contributed by atoms with Crippen LogP contribution in [0.2, 0.25) is 0 Å². The van der Waals surface area contributed by atoms with Crippen LogP contribution in [0.1, 0.15) is 5.82 Å². The number of aliphatic hydroxyl groups excluding tert-OH is 1. The lowest BCUT2D eigenvalue weighted by atomic mass is 10.3. The molecule has 0 aliphatic carbocycles. The fourth-order valence-corrected chi connectivity index (χ4v) is 2.27. The van der Waals surface area contributed by atoms with Gasteiger partial charge < -0.3 is 5.11 Å². The Hall–Kier alpha value is -1.54. The molecule has 0 saturated carbocycles. The maximum absolute atomic E-state index is 12.1. The topological polar surface area (TPSA) is 50.9 Å². The van der Waals surface area contributed by atoms with Crippen LogP contribution in [0, 0.1) is 0 Å². The minimum Gasteiger partial charge on any atom is -0.383 e. The van der Waals surface area contributed by atoms with Gasteiger partial charge in [-0.2, -0.15) is 30.0 Å². The molecule has 0 aliphatic heterocycles. The summed E-state index contributed by atoms with van der Waals surface area (Å²) in [5, 5.41) is 13.0. The highest BCUT2D eigenvalue weighted by atomic mass is 32.2. The van der Waals surface area contributed by atoms with Crippen LogP contribution in [0.4, 0.5) is 13.2 Å². The van der Waals surface area contributed by atoms with E-state index >= 15 is 0 Å². The number of alkyl halides is 3. The number of benzene rings is 1. The summed E-state index contributed by atoms with van der Waals surface area (Å²) in [4.78, 5) is 4.02. The van der Waals surface area contributed by atoms with E-state index in [1.165, 1.54) is 6.33 Å². The maximum atomic E-state index is 12.1. The van der Waals surface area contributed by atoms with Gasteiger partial charge in [0.2, 0.25) is 0 Å². The highest BCUT2D eigenvalue weighted by molar-refractivity contribution is 7.98. The number of thioether (sulfide) groups is 1. The molecule has 8 heteroatoms. The van der Waals surface area contributed by atoms with Crippen LogP contribution >= 0.6 is 11.8 Å². The zero-order valence-electron chi connectivity index (χ0n) is 10.3. The standard InChI is InChI=1S/C12H12F3N3OS/c13-12(14,15)10(19)6-20-7-11-16-8-18(17-11)9-4-2-1-3-5-9/h1-5,8,10,19H,6-7H2/t10-/m1/s1. The number of hydrogen-bond acceptors (Lipinski definition) is 4. The summed E-state index contributed by atoms with van der Waals surface area (Å²) in [7, 11) is 0. The third-order valence-corrected chi connectivity index (χ3v) is 3.46. The Morgan fingerprint density at radius 1 is 1.25 bits per heavy atom. The summed E-state index contributed by atoms with van der Waals surface area (Å²) in [6.07, 6.45) is -5.39. The van der Waals surface area contributed by atoms with Crippen LogP contribution in [-0.2, 0) is 5.75 Å². The van der Waals surface area contributed by atoms with E-state index < -0.39 is 18.0 Å². The van der Waals surface area contributed by atoms with Gasteiger partial charge in [0.15, 0.2) is 11.9 Å². The highest BCUT2D eigenvalue weighted by Gasteiger charge is 2.37. The first-order valence-corrected chi connectivity index (χ1v) is 6.91. The second-order valence-electron chi connectivity index (χ2n) is 4.01. The summed E-state index contributed by atoms with van der Waals surface area (Å²) in [5.74, 6) is 0.212. The lowest BCUT2D eigenvalue weighted by Gasteiger charge is -2.12. The van der Waals surface area contributed by atoms with E-state index in [2.05, 4.69) is 10.1 Å². The first-order chi connectivity index (χ1) is 9.47. The maximum Gasteiger partial charge on any atom is 0.415 e. The summed E-state index contributed by atoms with van der Waals surface area (Å²) >= 11 is 0.942. The van der Waals surface area contributed by atoms with Crippen LogP contribution in [-0.4, -0.2) is 37.9 Å². The highest BCUT2D eigenvalue weighted by Crippen LogP contribution is 2.23. The fourth-order valence-electron chi connectivity index (χ4n) is 1.42. The van der Waals surface area contributed by atoms with Gasteiger partial charge >= 0.3 is 6.18 Å². The second-order valence-corrected chi connectivity index (χ2v) is 5.04. The van der Waals surface area contributed by atoms with Crippen molar-refractivity contribution in [2.24, 2.45) is 0 Å². The summed E-state index contributed by atoms with van der Waals surface area (Å²) < 4.78 is 37.9. The number of aromatic nitrogens is 3. The zero-order chi connectivity index (χ0) is 14.6. The minimum atomic E-state index is -4.58. The Balaban J connectivity index is 1.88. The van der Waals surface area contributed by atoms with Crippen molar-refractivity contribution >= 4 is 11.8 Å². The van der Waals surface area contributed by atoms with Crippen molar-refractivity contribution in [3.05, 3.63) is 42.5 Å². The zero-order valence-corrected chi connectivity index (χ0v) is 11.1. The first-order valence-electron chi connectivity index (χ1n) is 5.75. The summed E-state index contributed by atoms with van der Waals surface area (Å²) in [5.41, 5.74) is 0.826. The molecule has 1 N–H and O–H groups in total. The average molecular weight is 303 g/mol. The fraction of sp³-hybridized carbons (Fsp3) is 0.333. The van der Waals surface area contributed by atoms with Gasteiger partial charge in [0.25, 0.3) is 0 Å². The number of halogens is 3. The van der Waals surface area contributed by atoms with E-state index in [4.69, 9.17) is 5.11 Å². The van der Waals surface area contributed by atoms with Crippen LogP contribution in [0.25, 0.3) is 5.69 Å². The van der Waals surface area contributed by atoms with E-state index in [1.54, 1.807) is 4.68 Å². The third kappa shape index (κ3) is 3.97. The molecule has 0 fully saturated rings. The van der Waals surface area contributed by atoms with Gasteiger partial charge in [-0.1, -0.05) is 18.2 Å². The predicted octanol–water partition coefficient (Wildman–Crippen LogP) is 2.42. The number of rotatable bonds is 5. The molecule has 0 spiro atoms. The molecule has 0 radical (unpaired) electrons. The molecule has 0 saturated heterocycles. The van der Waals surface area contributed by atoms with E-state index in [1.807, 2.05) is 30.3 Å². The molecule has 20 heavy (non-hydrogen) atoms. The lowest BCUT2D eigenvalue weighted by molar-refractivity contribution is -0.195. The molecular weight excluding hydrogens is 291 g/mol. The van der Waals surface area contributed by atoms with Crippen molar-refractivity contribution in [2.45, 2.75) is 18.0 Å². The van der Waals surface area contributed by atoms with Gasteiger partial charge in [-0.25, -0.2) is 9.67 Å². The van der Waals surface area contributed by atoms with E-state index in [0.29, 0.717) is 5.82 Å². The third-order valence-electron chi connectivity index (χ3n) is 2.44. The van der Waals surface area contributed by atoms with Crippen molar-refractivity contribution in [2.75, 3.05) is 5.75 Å². The lowest BCUT2D eigenvalue weighted by Crippen LogP contribution is -2.30. The quantitative estimate of drug-likeness (QED) is 0.921. The molecule has 0 unspecified atom stereocenters. The summed E-state index contributed by atoms with van der Waals surface area (Å²) in [6, 6.07) is 9.27.